The van der Waals surface area contributed by atoms with Crippen LogP contribution in [0, 0.1) is 17.0 Å². The van der Waals surface area contributed by atoms with E-state index < -0.39 is 66.4 Å². The zero-order valence-electron chi connectivity index (χ0n) is 32.3. The summed E-state index contributed by atoms with van der Waals surface area (Å²) in [6.45, 7) is 3.13. The minimum absolute atomic E-state index is 0.0147. The third-order valence-electron chi connectivity index (χ3n) is 13.2. The number of nitrogens with one attached hydrogen (secondary N) is 1. The first-order valence-corrected chi connectivity index (χ1v) is 20.1. The zero-order chi connectivity index (χ0) is 41.5. The van der Waals surface area contributed by atoms with Crippen molar-refractivity contribution in [3.8, 4) is 11.5 Å². The molecular formula is C43H43F4N5O7. The number of fused-ring (bicyclic) bond motifs is 3. The quantitative estimate of drug-likeness (QED) is 0.242. The molecule has 5 aliphatic heterocycles. The van der Waals surface area contributed by atoms with Gasteiger partial charge in [0, 0.05) is 56.3 Å². The maximum absolute atomic E-state index is 15.9. The van der Waals surface area contributed by atoms with E-state index >= 15 is 8.78 Å². The number of ether oxygens (including phenoxy) is 1. The zero-order valence-corrected chi connectivity index (χ0v) is 32.3. The normalized spacial score (nSPS) is 24.3. The molecule has 3 aromatic carbocycles. The van der Waals surface area contributed by atoms with Crippen LogP contribution in [0.25, 0.3) is 0 Å². The summed E-state index contributed by atoms with van der Waals surface area (Å²) >= 11 is 0. The first kappa shape index (κ1) is 39.1. The third-order valence-corrected chi connectivity index (χ3v) is 13.2. The summed E-state index contributed by atoms with van der Waals surface area (Å²) in [5, 5.41) is 12.2. The van der Waals surface area contributed by atoms with Crippen molar-refractivity contribution in [2.75, 3.05) is 26.2 Å². The van der Waals surface area contributed by atoms with Crippen LogP contribution in [0.4, 0.5) is 17.6 Å². The van der Waals surface area contributed by atoms with Gasteiger partial charge in [0.25, 0.3) is 18.2 Å². The Labute approximate surface area is 337 Å². The number of nitrogens with zero attached hydrogens (tertiary/aromatic N) is 4. The fraction of sp³-hybridized carbons (Fsp3) is 0.465. The molecule has 3 fully saturated rings. The van der Waals surface area contributed by atoms with Gasteiger partial charge in [-0.25, -0.2) is 17.6 Å². The summed E-state index contributed by atoms with van der Waals surface area (Å²) in [6.07, 6.45) is 0.258. The molecule has 0 radical (unpaired) electrons. The third kappa shape index (κ3) is 7.03. The van der Waals surface area contributed by atoms with E-state index in [1.54, 1.807) is 19.1 Å². The Morgan fingerprint density at radius 1 is 0.932 bits per heavy atom. The molecule has 6 aliphatic rings. The van der Waals surface area contributed by atoms with Crippen molar-refractivity contribution < 1.29 is 51.4 Å². The summed E-state index contributed by atoms with van der Waals surface area (Å²) in [5.41, 5.74) is 2.79. The van der Waals surface area contributed by atoms with Crippen molar-refractivity contribution in [1.82, 2.24) is 24.9 Å². The number of aromatic hydroxyl groups is 1. The van der Waals surface area contributed by atoms with Crippen LogP contribution in [-0.4, -0.2) is 105 Å². The maximum atomic E-state index is 15.9. The number of piperidine rings is 2. The van der Waals surface area contributed by atoms with E-state index in [1.807, 2.05) is 9.80 Å². The molecule has 5 amide bonds. The number of phenolic OH excluding ortho intramolecular Hbond substituents is 1. The average Bonchev–Trinajstić information content (AvgIpc) is 3.66. The van der Waals surface area contributed by atoms with Gasteiger partial charge in [-0.3, -0.25) is 44.0 Å². The number of alkyl halides is 2. The lowest BCUT2D eigenvalue weighted by atomic mass is 9.61. The van der Waals surface area contributed by atoms with Crippen LogP contribution in [0.5, 0.6) is 11.5 Å². The van der Waals surface area contributed by atoms with Gasteiger partial charge >= 0.3 is 0 Å². The Hall–Kier alpha value is -5.35. The number of hydrogen-bond donors (Lipinski definition) is 2. The second-order valence-corrected chi connectivity index (χ2v) is 17.0. The van der Waals surface area contributed by atoms with Crippen LogP contribution in [0.3, 0.4) is 0 Å². The second-order valence-electron chi connectivity index (χ2n) is 17.0. The molecule has 0 bridgehead atoms. The minimum Gasteiger partial charge on any atom is -0.508 e. The predicted molar refractivity (Wildman–Crippen MR) is 201 cm³/mol. The number of halogens is 4. The molecule has 310 valence electrons. The van der Waals surface area contributed by atoms with E-state index in [-0.39, 0.29) is 65.0 Å². The van der Waals surface area contributed by atoms with Gasteiger partial charge in [-0.15, -0.1) is 0 Å². The maximum Gasteiger partial charge on any atom is 0.262 e. The van der Waals surface area contributed by atoms with Crippen molar-refractivity contribution in [2.45, 2.75) is 95.6 Å². The number of amides is 5. The number of benzene rings is 3. The molecule has 59 heavy (non-hydrogen) atoms. The van der Waals surface area contributed by atoms with Crippen LogP contribution < -0.4 is 10.1 Å². The largest absolute Gasteiger partial charge is 0.508 e. The lowest BCUT2D eigenvalue weighted by molar-refractivity contribution is -0.138. The molecular weight excluding hydrogens is 774 g/mol. The first-order valence-electron chi connectivity index (χ1n) is 20.1. The Kier molecular flexibility index (Phi) is 9.77. The topological polar surface area (TPSA) is 140 Å². The highest BCUT2D eigenvalue weighted by Crippen LogP contribution is 2.51. The molecule has 16 heteroatoms. The number of phenols is 1. The van der Waals surface area contributed by atoms with Gasteiger partial charge in [0.05, 0.1) is 36.4 Å². The fourth-order valence-corrected chi connectivity index (χ4v) is 10.2. The summed E-state index contributed by atoms with van der Waals surface area (Å²) in [5.74, 6) is -4.07. The van der Waals surface area contributed by atoms with Crippen LogP contribution in [0.15, 0.2) is 42.5 Å². The number of carbonyl (C=O) groups excluding carboxylic acids is 5. The molecule has 1 unspecified atom stereocenters. The summed E-state index contributed by atoms with van der Waals surface area (Å²) in [6, 6.07) is 7.38. The SMILES string of the molecule is C[C@@H]1Cc2cc(O)ccc2[C@@H](c2c(F)cc(OC3CC4(CCN(C(=O)CN5Cc6cc7c(cc6C5)C(=O)N(C5CCC(=O)NC5=O)C7=O)CC4)C3)cc2F)N1CC(F)F. The summed E-state index contributed by atoms with van der Waals surface area (Å²) in [7, 11) is 0. The van der Waals surface area contributed by atoms with Crippen molar-refractivity contribution in [1.29, 1.82) is 0 Å². The van der Waals surface area contributed by atoms with Gasteiger partial charge in [0.15, 0.2) is 0 Å². The monoisotopic (exact) mass is 817 g/mol. The van der Waals surface area contributed by atoms with Gasteiger partial charge in [0.1, 0.15) is 29.2 Å². The Bertz CT molecular complexity index is 2220. The van der Waals surface area contributed by atoms with Crippen molar-refractivity contribution in [2.24, 2.45) is 5.41 Å². The lowest BCUT2D eigenvalue weighted by Crippen LogP contribution is -2.54. The molecule has 5 heterocycles. The van der Waals surface area contributed by atoms with Crippen molar-refractivity contribution in [3.05, 3.63) is 93.0 Å². The van der Waals surface area contributed by atoms with E-state index in [9.17, 15) is 37.9 Å². The van der Waals surface area contributed by atoms with E-state index in [0.717, 1.165) is 41.0 Å². The highest BCUT2D eigenvalue weighted by atomic mass is 19.3. The van der Waals surface area contributed by atoms with Gasteiger partial charge < -0.3 is 14.7 Å². The molecule has 1 spiro atoms. The molecule has 1 saturated carbocycles. The van der Waals surface area contributed by atoms with E-state index in [0.29, 0.717) is 56.6 Å². The Morgan fingerprint density at radius 2 is 1.58 bits per heavy atom. The molecule has 3 aromatic rings. The number of hydrogen-bond acceptors (Lipinski definition) is 9. The number of carbonyl (C=O) groups is 5. The molecule has 0 aromatic heterocycles. The number of rotatable bonds is 8. The van der Waals surface area contributed by atoms with Gasteiger partial charge in [-0.05, 0) is 97.4 Å². The standard InChI is InChI=1S/C43H43F4N5O7/c1-22-10-23-11-26(53)2-3-29(23)39(51(22)20-35(46)47)38-32(44)14-27(15-33(38)45)59-28-16-43(17-28)6-8-50(9-7-43)37(55)21-49-18-24-12-30-31(13-25(24)19-49)42(58)52(41(30)57)34-4-5-36(54)48-40(34)56/h2-3,11-15,22,28,34-35,39,53H,4-10,16-21H2,1H3,(H,48,54,56)/t22-,34?,39+/m1/s1. The van der Waals surface area contributed by atoms with Crippen LogP contribution in [0.2, 0.25) is 0 Å². The number of likely N-dealkylation sites (tertiary alicyclic amines) is 1. The van der Waals surface area contributed by atoms with Gasteiger partial charge in [0.2, 0.25) is 17.7 Å². The van der Waals surface area contributed by atoms with Crippen molar-refractivity contribution >= 4 is 29.5 Å². The summed E-state index contributed by atoms with van der Waals surface area (Å²) in [4.78, 5) is 70.2. The average molecular weight is 818 g/mol. The summed E-state index contributed by atoms with van der Waals surface area (Å²) < 4.78 is 65.2. The molecule has 2 N–H and O–H groups in total. The van der Waals surface area contributed by atoms with E-state index in [2.05, 4.69) is 5.32 Å². The predicted octanol–water partition coefficient (Wildman–Crippen LogP) is 4.84. The van der Waals surface area contributed by atoms with E-state index in [4.69, 9.17) is 4.74 Å². The van der Waals surface area contributed by atoms with Gasteiger partial charge in [-0.2, -0.15) is 0 Å². The first-order chi connectivity index (χ1) is 28.2. The van der Waals surface area contributed by atoms with Gasteiger partial charge in [-0.1, -0.05) is 6.07 Å². The van der Waals surface area contributed by atoms with Crippen molar-refractivity contribution in [3.63, 3.8) is 0 Å². The smallest absolute Gasteiger partial charge is 0.262 e. The molecule has 3 atom stereocenters. The lowest BCUT2D eigenvalue weighted by Gasteiger charge is -2.51. The molecule has 1 aliphatic carbocycles. The van der Waals surface area contributed by atoms with Crippen LogP contribution >= 0.6 is 0 Å². The highest BCUT2D eigenvalue weighted by Gasteiger charge is 2.49. The molecule has 12 nitrogen and oxygen atoms in total. The number of imide groups is 2. The Balaban J connectivity index is 0.784. The van der Waals surface area contributed by atoms with E-state index in [1.165, 1.54) is 23.1 Å². The fourth-order valence-electron chi connectivity index (χ4n) is 10.2. The Morgan fingerprint density at radius 3 is 2.19 bits per heavy atom. The highest BCUT2D eigenvalue weighted by molar-refractivity contribution is 6.23. The van der Waals surface area contributed by atoms with Crippen LogP contribution in [-0.2, 0) is 33.9 Å². The minimum atomic E-state index is -2.72. The molecule has 9 rings (SSSR count). The second kappa shape index (κ2) is 14.7. The molecule has 2 saturated heterocycles. The van der Waals surface area contributed by atoms with Crippen LogP contribution in [0.1, 0.15) is 100 Å².